The fraction of sp³-hybridized carbons (Fsp3) is 0.526. The molecule has 1 saturated heterocycles. The van der Waals surface area contributed by atoms with Crippen molar-refractivity contribution in [2.75, 3.05) is 19.6 Å². The van der Waals surface area contributed by atoms with Crippen LogP contribution < -0.4 is 5.32 Å². The van der Waals surface area contributed by atoms with Crippen LogP contribution in [0.25, 0.3) is 0 Å². The van der Waals surface area contributed by atoms with Crippen molar-refractivity contribution in [3.05, 3.63) is 54.6 Å². The third kappa shape index (κ3) is 4.66. The number of aromatic nitrogens is 2. The lowest BCUT2D eigenvalue weighted by atomic mass is 10.0. The van der Waals surface area contributed by atoms with E-state index in [2.05, 4.69) is 57.0 Å². The molecule has 1 fully saturated rings. The second-order valence-electron chi connectivity index (χ2n) is 6.51. The standard InChI is InChI=1S/C19H28N4/c1-2-11-22-12-8-18(9-13-22)21-19(15-23-14-10-20-16-23)17-6-4-3-5-7-17/h3-7,10,14,16,18-19,21H,2,8-9,11-13,15H2,1H3/t19-/m0/s1. The van der Waals surface area contributed by atoms with E-state index in [-0.39, 0.29) is 0 Å². The van der Waals surface area contributed by atoms with Crippen LogP contribution in [-0.2, 0) is 6.54 Å². The molecular formula is C19H28N4. The van der Waals surface area contributed by atoms with Crippen molar-refractivity contribution in [1.29, 1.82) is 0 Å². The van der Waals surface area contributed by atoms with Crippen molar-refractivity contribution in [1.82, 2.24) is 19.8 Å². The van der Waals surface area contributed by atoms with Gasteiger partial charge in [0, 0.05) is 25.0 Å². The van der Waals surface area contributed by atoms with Crippen molar-refractivity contribution in [3.63, 3.8) is 0 Å². The first kappa shape index (κ1) is 16.2. The van der Waals surface area contributed by atoms with Crippen LogP contribution in [0.2, 0.25) is 0 Å². The first-order valence-electron chi connectivity index (χ1n) is 8.84. The number of likely N-dealkylation sites (tertiary alicyclic amines) is 1. The number of hydrogen-bond donors (Lipinski definition) is 1. The van der Waals surface area contributed by atoms with Crippen LogP contribution in [0, 0.1) is 0 Å². The number of hydrogen-bond acceptors (Lipinski definition) is 3. The molecule has 0 unspecified atom stereocenters. The highest BCUT2D eigenvalue weighted by molar-refractivity contribution is 5.19. The van der Waals surface area contributed by atoms with Gasteiger partial charge in [-0.2, -0.15) is 0 Å². The number of rotatable bonds is 7. The molecule has 0 bridgehead atoms. The van der Waals surface area contributed by atoms with Crippen molar-refractivity contribution in [2.45, 2.75) is 44.8 Å². The maximum atomic E-state index is 4.17. The average molecular weight is 312 g/mol. The molecule has 0 aliphatic carbocycles. The van der Waals surface area contributed by atoms with E-state index < -0.39 is 0 Å². The highest BCUT2D eigenvalue weighted by atomic mass is 15.1. The largest absolute Gasteiger partial charge is 0.336 e. The number of imidazole rings is 1. The monoisotopic (exact) mass is 312 g/mol. The fourth-order valence-corrected chi connectivity index (χ4v) is 3.47. The smallest absolute Gasteiger partial charge is 0.0946 e. The molecule has 2 aromatic rings. The molecule has 1 aromatic heterocycles. The number of piperidine rings is 1. The maximum Gasteiger partial charge on any atom is 0.0946 e. The van der Waals surface area contributed by atoms with Gasteiger partial charge in [-0.1, -0.05) is 37.3 Å². The molecule has 0 saturated carbocycles. The van der Waals surface area contributed by atoms with Gasteiger partial charge in [0.1, 0.15) is 0 Å². The molecule has 1 atom stereocenters. The van der Waals surface area contributed by atoms with Gasteiger partial charge in [0.25, 0.3) is 0 Å². The summed E-state index contributed by atoms with van der Waals surface area (Å²) < 4.78 is 2.16. The number of benzene rings is 1. The van der Waals surface area contributed by atoms with Gasteiger partial charge in [0.15, 0.2) is 0 Å². The summed E-state index contributed by atoms with van der Waals surface area (Å²) in [7, 11) is 0. The Bertz CT molecular complexity index is 544. The van der Waals surface area contributed by atoms with Crippen LogP contribution in [0.4, 0.5) is 0 Å². The predicted molar refractivity (Wildman–Crippen MR) is 94.3 cm³/mol. The summed E-state index contributed by atoms with van der Waals surface area (Å²) in [5, 5.41) is 3.90. The molecule has 4 nitrogen and oxygen atoms in total. The lowest BCUT2D eigenvalue weighted by molar-refractivity contribution is 0.188. The molecule has 1 aromatic carbocycles. The minimum Gasteiger partial charge on any atom is -0.336 e. The molecule has 1 aliphatic rings. The second kappa shape index (κ2) is 8.27. The molecule has 3 rings (SSSR count). The highest BCUT2D eigenvalue weighted by Crippen LogP contribution is 2.19. The van der Waals surface area contributed by atoms with Gasteiger partial charge in [-0.15, -0.1) is 0 Å². The van der Waals surface area contributed by atoms with E-state index in [0.29, 0.717) is 12.1 Å². The van der Waals surface area contributed by atoms with Gasteiger partial charge in [0.05, 0.1) is 12.4 Å². The van der Waals surface area contributed by atoms with Gasteiger partial charge in [-0.3, -0.25) is 0 Å². The lowest BCUT2D eigenvalue weighted by Crippen LogP contribution is -2.44. The van der Waals surface area contributed by atoms with E-state index in [1.807, 2.05) is 18.7 Å². The normalized spacial score (nSPS) is 18.1. The predicted octanol–water partition coefficient (Wildman–Crippen LogP) is 3.09. The van der Waals surface area contributed by atoms with Crippen molar-refractivity contribution >= 4 is 0 Å². The summed E-state index contributed by atoms with van der Waals surface area (Å²) in [4.78, 5) is 6.76. The van der Waals surface area contributed by atoms with Gasteiger partial charge in [-0.25, -0.2) is 4.98 Å². The molecule has 1 N–H and O–H groups in total. The summed E-state index contributed by atoms with van der Waals surface area (Å²) in [6.45, 7) is 6.88. The minimum atomic E-state index is 0.341. The van der Waals surface area contributed by atoms with Gasteiger partial charge < -0.3 is 14.8 Å². The van der Waals surface area contributed by atoms with E-state index >= 15 is 0 Å². The van der Waals surface area contributed by atoms with Gasteiger partial charge in [-0.05, 0) is 44.5 Å². The van der Waals surface area contributed by atoms with Crippen molar-refractivity contribution < 1.29 is 0 Å². The quantitative estimate of drug-likeness (QED) is 0.853. The number of nitrogens with zero attached hydrogens (tertiary/aromatic N) is 3. The Morgan fingerprint density at radius 2 is 2.00 bits per heavy atom. The summed E-state index contributed by atoms with van der Waals surface area (Å²) in [5.74, 6) is 0. The van der Waals surface area contributed by atoms with E-state index in [9.17, 15) is 0 Å². The molecule has 4 heteroatoms. The Morgan fingerprint density at radius 1 is 1.22 bits per heavy atom. The van der Waals surface area contributed by atoms with Crippen LogP contribution >= 0.6 is 0 Å². The summed E-state index contributed by atoms with van der Waals surface area (Å²) in [6.07, 6.45) is 9.54. The zero-order valence-electron chi connectivity index (χ0n) is 14.1. The summed E-state index contributed by atoms with van der Waals surface area (Å²) in [5.41, 5.74) is 1.36. The van der Waals surface area contributed by atoms with Gasteiger partial charge >= 0.3 is 0 Å². The van der Waals surface area contributed by atoms with Crippen LogP contribution in [0.3, 0.4) is 0 Å². The van der Waals surface area contributed by atoms with E-state index in [1.54, 1.807) is 0 Å². The maximum absolute atomic E-state index is 4.17. The fourth-order valence-electron chi connectivity index (χ4n) is 3.47. The van der Waals surface area contributed by atoms with E-state index in [4.69, 9.17) is 0 Å². The molecule has 23 heavy (non-hydrogen) atoms. The topological polar surface area (TPSA) is 33.1 Å². The Kier molecular flexibility index (Phi) is 5.83. The molecule has 124 valence electrons. The van der Waals surface area contributed by atoms with Crippen LogP contribution in [0.15, 0.2) is 49.1 Å². The third-order valence-corrected chi connectivity index (χ3v) is 4.72. The van der Waals surface area contributed by atoms with Crippen LogP contribution in [0.5, 0.6) is 0 Å². The molecule has 2 heterocycles. The first-order chi connectivity index (χ1) is 11.3. The molecule has 1 aliphatic heterocycles. The van der Waals surface area contributed by atoms with E-state index in [0.717, 1.165) is 6.54 Å². The second-order valence-corrected chi connectivity index (χ2v) is 6.51. The third-order valence-electron chi connectivity index (χ3n) is 4.72. The van der Waals surface area contributed by atoms with Crippen LogP contribution in [-0.4, -0.2) is 40.1 Å². The molecule has 0 amide bonds. The molecular weight excluding hydrogens is 284 g/mol. The van der Waals surface area contributed by atoms with Crippen molar-refractivity contribution in [2.24, 2.45) is 0 Å². The zero-order valence-corrected chi connectivity index (χ0v) is 14.1. The zero-order chi connectivity index (χ0) is 15.9. The Morgan fingerprint density at radius 3 is 2.65 bits per heavy atom. The highest BCUT2D eigenvalue weighted by Gasteiger charge is 2.22. The SMILES string of the molecule is CCCN1CCC(N[C@@H](Cn2ccnc2)c2ccccc2)CC1. The number of nitrogens with one attached hydrogen (secondary N) is 1. The van der Waals surface area contributed by atoms with Crippen LogP contribution in [0.1, 0.15) is 37.8 Å². The molecule has 0 radical (unpaired) electrons. The Hall–Kier alpha value is -1.65. The van der Waals surface area contributed by atoms with Gasteiger partial charge in [0.2, 0.25) is 0 Å². The Labute approximate surface area is 139 Å². The average Bonchev–Trinajstić information content (AvgIpc) is 3.10. The van der Waals surface area contributed by atoms with E-state index in [1.165, 1.54) is 44.5 Å². The van der Waals surface area contributed by atoms with Crippen molar-refractivity contribution in [3.8, 4) is 0 Å². The summed E-state index contributed by atoms with van der Waals surface area (Å²) in [6, 6.07) is 11.7. The minimum absolute atomic E-state index is 0.341. The Balaban J connectivity index is 1.62. The molecule has 0 spiro atoms. The summed E-state index contributed by atoms with van der Waals surface area (Å²) >= 11 is 0. The first-order valence-corrected chi connectivity index (χ1v) is 8.84. The lowest BCUT2D eigenvalue weighted by Gasteiger charge is -2.34.